The van der Waals surface area contributed by atoms with Gasteiger partial charge in [-0.2, -0.15) is 0 Å². The smallest absolute Gasteiger partial charge is 0.0964 e. The second-order valence-corrected chi connectivity index (χ2v) is 5.58. The van der Waals surface area contributed by atoms with Gasteiger partial charge in [0.05, 0.1) is 11.8 Å². The van der Waals surface area contributed by atoms with Gasteiger partial charge in [0.25, 0.3) is 0 Å². The summed E-state index contributed by atoms with van der Waals surface area (Å²) < 4.78 is 7.25. The molecule has 0 spiro atoms. The molecule has 1 aliphatic carbocycles. The number of aromatic nitrogens is 3. The minimum Gasteiger partial charge on any atom is -0.380 e. The largest absolute Gasteiger partial charge is 0.380 e. The number of ether oxygens (including phenoxy) is 1. The summed E-state index contributed by atoms with van der Waals surface area (Å²) in [5, 5.41) is 11.6. The van der Waals surface area contributed by atoms with Gasteiger partial charge in [-0.05, 0) is 5.92 Å². The molecular weight excluding hydrogens is 216 g/mol. The lowest BCUT2D eigenvalue weighted by molar-refractivity contribution is -0.145. The van der Waals surface area contributed by atoms with Crippen LogP contribution in [0.1, 0.15) is 26.5 Å². The van der Waals surface area contributed by atoms with Crippen LogP contribution in [0.5, 0.6) is 0 Å². The molecule has 1 N–H and O–H groups in total. The molecule has 1 aromatic rings. The number of hydrogen-bond donors (Lipinski definition) is 1. The summed E-state index contributed by atoms with van der Waals surface area (Å²) in [4.78, 5) is 0. The van der Waals surface area contributed by atoms with Gasteiger partial charge in [-0.3, -0.25) is 4.68 Å². The fourth-order valence-corrected chi connectivity index (χ4v) is 3.25. The topological polar surface area (TPSA) is 52.0 Å². The van der Waals surface area contributed by atoms with Gasteiger partial charge in [0.1, 0.15) is 0 Å². The molecule has 0 radical (unpaired) electrons. The number of aryl methyl sites for hydroxylation is 1. The Kier molecular flexibility index (Phi) is 3.23. The summed E-state index contributed by atoms with van der Waals surface area (Å²) in [6.45, 7) is 7.49. The van der Waals surface area contributed by atoms with Gasteiger partial charge >= 0.3 is 0 Å². The van der Waals surface area contributed by atoms with E-state index in [-0.39, 0.29) is 5.41 Å². The number of methoxy groups -OCH3 is 1. The van der Waals surface area contributed by atoms with Crippen LogP contribution < -0.4 is 5.32 Å². The Morgan fingerprint density at radius 3 is 2.71 bits per heavy atom. The van der Waals surface area contributed by atoms with Gasteiger partial charge in [-0.1, -0.05) is 26.0 Å². The minimum absolute atomic E-state index is 0.177. The van der Waals surface area contributed by atoms with Gasteiger partial charge in [0.2, 0.25) is 0 Å². The molecule has 2 rings (SSSR count). The van der Waals surface area contributed by atoms with E-state index >= 15 is 0 Å². The zero-order chi connectivity index (χ0) is 12.6. The predicted molar refractivity (Wildman–Crippen MR) is 65.4 cm³/mol. The van der Waals surface area contributed by atoms with Crippen molar-refractivity contribution < 1.29 is 4.74 Å². The van der Waals surface area contributed by atoms with Crippen LogP contribution in [0.3, 0.4) is 0 Å². The Balaban J connectivity index is 1.92. The molecule has 5 heteroatoms. The van der Waals surface area contributed by atoms with Crippen molar-refractivity contribution in [2.45, 2.75) is 39.5 Å². The quantitative estimate of drug-likeness (QED) is 0.849. The fraction of sp³-hybridized carbons (Fsp3) is 0.833. The summed E-state index contributed by atoms with van der Waals surface area (Å²) in [6.07, 6.45) is 2.28. The van der Waals surface area contributed by atoms with E-state index in [1.807, 2.05) is 13.2 Å². The third kappa shape index (κ3) is 2.09. The average Bonchev–Trinajstić information content (AvgIpc) is 2.64. The highest BCUT2D eigenvalue weighted by Crippen LogP contribution is 2.46. The summed E-state index contributed by atoms with van der Waals surface area (Å²) >= 11 is 0. The Morgan fingerprint density at radius 2 is 2.24 bits per heavy atom. The standard InChI is InChI=1S/C12H22N4O/c1-8-10(12(2,3)11(8)17-5)13-6-9-7-16(4)15-14-9/h7-8,10-11,13H,6H2,1-5H3. The molecule has 1 heterocycles. The maximum atomic E-state index is 5.53. The van der Waals surface area contributed by atoms with Gasteiger partial charge < -0.3 is 10.1 Å². The van der Waals surface area contributed by atoms with E-state index in [0.717, 1.165) is 12.2 Å². The first kappa shape index (κ1) is 12.5. The molecule has 1 aromatic heterocycles. The molecule has 1 aliphatic rings. The van der Waals surface area contributed by atoms with Crippen LogP contribution in [0.15, 0.2) is 6.20 Å². The zero-order valence-corrected chi connectivity index (χ0v) is 11.3. The van der Waals surface area contributed by atoms with Crippen LogP contribution in [0.2, 0.25) is 0 Å². The lowest BCUT2D eigenvalue weighted by atomic mass is 9.58. The van der Waals surface area contributed by atoms with E-state index in [0.29, 0.717) is 18.1 Å². The molecule has 0 amide bonds. The number of nitrogens with zero attached hydrogens (tertiary/aromatic N) is 3. The molecule has 0 aromatic carbocycles. The van der Waals surface area contributed by atoms with E-state index in [2.05, 4.69) is 36.4 Å². The number of rotatable bonds is 4. The van der Waals surface area contributed by atoms with Crippen LogP contribution in [0.25, 0.3) is 0 Å². The van der Waals surface area contributed by atoms with E-state index < -0.39 is 0 Å². The molecule has 96 valence electrons. The monoisotopic (exact) mass is 238 g/mol. The Labute approximate surface area is 103 Å². The van der Waals surface area contributed by atoms with Crippen molar-refractivity contribution in [2.24, 2.45) is 18.4 Å². The first-order chi connectivity index (χ1) is 7.96. The second kappa shape index (κ2) is 4.38. The number of nitrogens with one attached hydrogen (secondary N) is 1. The lowest BCUT2D eigenvalue weighted by Crippen LogP contribution is -2.66. The predicted octanol–water partition coefficient (Wildman–Crippen LogP) is 0.964. The summed E-state index contributed by atoms with van der Waals surface area (Å²) in [6, 6.07) is 0.467. The third-order valence-corrected chi connectivity index (χ3v) is 3.95. The van der Waals surface area contributed by atoms with Gasteiger partial charge in [-0.25, -0.2) is 0 Å². The summed E-state index contributed by atoms with van der Waals surface area (Å²) in [7, 11) is 3.68. The average molecular weight is 238 g/mol. The van der Waals surface area contributed by atoms with Crippen LogP contribution in [0, 0.1) is 11.3 Å². The molecule has 3 unspecified atom stereocenters. The summed E-state index contributed by atoms with van der Waals surface area (Å²) in [5.74, 6) is 0.534. The molecule has 1 fully saturated rings. The maximum absolute atomic E-state index is 5.53. The van der Waals surface area contributed by atoms with E-state index in [4.69, 9.17) is 4.74 Å². The second-order valence-electron chi connectivity index (χ2n) is 5.58. The molecule has 3 atom stereocenters. The summed E-state index contributed by atoms with van der Waals surface area (Å²) in [5.41, 5.74) is 1.16. The van der Waals surface area contributed by atoms with Crippen molar-refractivity contribution in [1.29, 1.82) is 0 Å². The van der Waals surface area contributed by atoms with Crippen molar-refractivity contribution in [3.63, 3.8) is 0 Å². The van der Waals surface area contributed by atoms with Crippen LogP contribution in [-0.4, -0.2) is 34.2 Å². The van der Waals surface area contributed by atoms with Crippen molar-refractivity contribution in [2.75, 3.05) is 7.11 Å². The zero-order valence-electron chi connectivity index (χ0n) is 11.3. The van der Waals surface area contributed by atoms with Crippen molar-refractivity contribution >= 4 is 0 Å². The Bertz CT molecular complexity index is 388. The van der Waals surface area contributed by atoms with Crippen molar-refractivity contribution in [1.82, 2.24) is 20.3 Å². The molecule has 0 aliphatic heterocycles. The highest BCUT2D eigenvalue weighted by atomic mass is 16.5. The van der Waals surface area contributed by atoms with E-state index in [9.17, 15) is 0 Å². The first-order valence-corrected chi connectivity index (χ1v) is 6.08. The Morgan fingerprint density at radius 1 is 1.53 bits per heavy atom. The van der Waals surface area contributed by atoms with Crippen LogP contribution >= 0.6 is 0 Å². The highest BCUT2D eigenvalue weighted by Gasteiger charge is 2.54. The minimum atomic E-state index is 0.177. The highest BCUT2D eigenvalue weighted by molar-refractivity contribution is 5.08. The van der Waals surface area contributed by atoms with Crippen molar-refractivity contribution in [3.05, 3.63) is 11.9 Å². The molecule has 5 nitrogen and oxygen atoms in total. The Hall–Kier alpha value is -0.940. The SMILES string of the molecule is COC1C(C)C(NCc2cn(C)nn2)C1(C)C. The van der Waals surface area contributed by atoms with Gasteiger partial charge in [-0.15, -0.1) is 5.10 Å². The van der Waals surface area contributed by atoms with Gasteiger partial charge in [0.15, 0.2) is 0 Å². The van der Waals surface area contributed by atoms with E-state index in [1.165, 1.54) is 0 Å². The van der Waals surface area contributed by atoms with Crippen molar-refractivity contribution in [3.8, 4) is 0 Å². The number of hydrogen-bond acceptors (Lipinski definition) is 4. The maximum Gasteiger partial charge on any atom is 0.0964 e. The molecule has 0 bridgehead atoms. The fourth-order valence-electron chi connectivity index (χ4n) is 3.25. The molecule has 17 heavy (non-hydrogen) atoms. The van der Waals surface area contributed by atoms with E-state index in [1.54, 1.807) is 11.8 Å². The molecule has 0 saturated heterocycles. The van der Waals surface area contributed by atoms with Crippen LogP contribution in [-0.2, 0) is 18.3 Å². The van der Waals surface area contributed by atoms with Gasteiger partial charge in [0, 0.05) is 38.4 Å². The van der Waals surface area contributed by atoms with Crippen LogP contribution in [0.4, 0.5) is 0 Å². The molecule has 1 saturated carbocycles. The molecular formula is C12H22N4O. The first-order valence-electron chi connectivity index (χ1n) is 6.08. The third-order valence-electron chi connectivity index (χ3n) is 3.95. The normalized spacial score (nSPS) is 31.2. The lowest BCUT2D eigenvalue weighted by Gasteiger charge is -2.56.